The Bertz CT molecular complexity index is 1140. The molecule has 6 heteroatoms. The van der Waals surface area contributed by atoms with Crippen molar-refractivity contribution in [2.24, 2.45) is 7.05 Å². The lowest BCUT2D eigenvalue weighted by Gasteiger charge is -2.23. The molecule has 0 bridgehead atoms. The summed E-state index contributed by atoms with van der Waals surface area (Å²) in [5.74, 6) is 0.847. The maximum Gasteiger partial charge on any atom is 0.268 e. The van der Waals surface area contributed by atoms with Crippen LogP contribution < -0.4 is 10.1 Å². The maximum atomic E-state index is 13.0. The van der Waals surface area contributed by atoms with Crippen LogP contribution in [-0.2, 0) is 26.7 Å². The maximum absolute atomic E-state index is 13.0. The zero-order valence-corrected chi connectivity index (χ0v) is 20.9. The van der Waals surface area contributed by atoms with Crippen molar-refractivity contribution in [1.29, 1.82) is 0 Å². The normalized spacial score (nSPS) is 16.4. The monoisotopic (exact) mass is 475 g/mol. The van der Waals surface area contributed by atoms with E-state index in [0.29, 0.717) is 18.3 Å². The predicted octanol–water partition coefficient (Wildman–Crippen LogP) is 6.00. The summed E-state index contributed by atoms with van der Waals surface area (Å²) in [6, 6.07) is 18.7. The Hall–Kier alpha value is -2.70. The van der Waals surface area contributed by atoms with Crippen LogP contribution in [0.15, 0.2) is 59.5 Å². The van der Waals surface area contributed by atoms with Crippen molar-refractivity contribution < 1.29 is 9.53 Å². The molecule has 5 rings (SSSR count). The number of hydrogen-bond donors (Lipinski definition) is 1. The van der Waals surface area contributed by atoms with Gasteiger partial charge in [-0.25, -0.2) is 4.31 Å². The van der Waals surface area contributed by atoms with Gasteiger partial charge in [0.05, 0.1) is 6.10 Å². The summed E-state index contributed by atoms with van der Waals surface area (Å²) in [5.41, 5.74) is 5.62. The number of rotatable bonds is 7. The van der Waals surface area contributed by atoms with Crippen molar-refractivity contribution in [3.05, 3.63) is 82.7 Å². The molecule has 1 N–H and O–H groups in total. The highest BCUT2D eigenvalue weighted by Crippen LogP contribution is 2.35. The first-order valence-corrected chi connectivity index (χ1v) is 13.0. The van der Waals surface area contributed by atoms with Crippen LogP contribution in [0, 0.1) is 6.92 Å². The van der Waals surface area contributed by atoms with Gasteiger partial charge in [0.2, 0.25) is 0 Å². The van der Waals surface area contributed by atoms with Gasteiger partial charge in [-0.15, -0.1) is 0 Å². The predicted molar refractivity (Wildman–Crippen MR) is 137 cm³/mol. The number of nitrogens with zero attached hydrogens (tertiary/aromatic N) is 2. The first-order valence-electron chi connectivity index (χ1n) is 12.3. The third-order valence-corrected chi connectivity index (χ3v) is 8.09. The van der Waals surface area contributed by atoms with Gasteiger partial charge in [0, 0.05) is 37.3 Å². The van der Waals surface area contributed by atoms with E-state index < -0.39 is 0 Å². The van der Waals surface area contributed by atoms with Crippen LogP contribution in [0.3, 0.4) is 0 Å². The van der Waals surface area contributed by atoms with E-state index in [9.17, 15) is 4.79 Å². The van der Waals surface area contributed by atoms with Crippen LogP contribution in [0.4, 0.5) is 0 Å². The fraction of sp³-hybridized carbons (Fsp3) is 0.393. The van der Waals surface area contributed by atoms with Crippen molar-refractivity contribution in [2.75, 3.05) is 0 Å². The van der Waals surface area contributed by atoms with Gasteiger partial charge in [0.25, 0.3) is 5.91 Å². The van der Waals surface area contributed by atoms with E-state index in [0.717, 1.165) is 47.8 Å². The molecule has 0 saturated heterocycles. The number of nitrogens with one attached hydrogen (secondary N) is 1. The molecule has 0 atom stereocenters. The Labute approximate surface area is 206 Å². The summed E-state index contributed by atoms with van der Waals surface area (Å²) in [6.07, 6.45) is 6.42. The molecule has 1 fully saturated rings. The number of carbonyl (C=O) groups is 1. The molecule has 178 valence electrons. The van der Waals surface area contributed by atoms with Crippen LogP contribution >= 0.6 is 11.9 Å². The minimum absolute atomic E-state index is 0.0549. The zero-order valence-electron chi connectivity index (χ0n) is 20.0. The molecule has 3 aromatic rings. The third-order valence-electron chi connectivity index (χ3n) is 6.97. The molecule has 1 saturated carbocycles. The standard InChI is InChI=1S/C28H33N3O2S/c1-20-27(34-31-18-22-10-6-7-11-23(22)19-31)16-26(30(20)2)28(32)29-17-21-9-8-14-25(15-21)33-24-12-4-3-5-13-24/h6-11,14-16,24H,3-5,12-13,17-19H2,1-2H3,(H,29,32). The summed E-state index contributed by atoms with van der Waals surface area (Å²) in [7, 11) is 1.96. The van der Waals surface area contributed by atoms with Gasteiger partial charge in [0.15, 0.2) is 0 Å². The molecular formula is C28H33N3O2S. The minimum Gasteiger partial charge on any atom is -0.490 e. The van der Waals surface area contributed by atoms with Gasteiger partial charge in [-0.1, -0.05) is 42.8 Å². The number of fused-ring (bicyclic) bond motifs is 1. The van der Waals surface area contributed by atoms with E-state index in [1.165, 1.54) is 30.4 Å². The topological polar surface area (TPSA) is 46.5 Å². The molecule has 2 aliphatic rings. The molecule has 5 nitrogen and oxygen atoms in total. The number of aromatic nitrogens is 1. The Morgan fingerprint density at radius 2 is 1.76 bits per heavy atom. The number of ether oxygens (including phenoxy) is 1. The summed E-state index contributed by atoms with van der Waals surface area (Å²) >= 11 is 1.74. The average molecular weight is 476 g/mol. The van der Waals surface area contributed by atoms with Gasteiger partial charge in [-0.3, -0.25) is 4.79 Å². The second-order valence-corrected chi connectivity index (χ2v) is 10.5. The number of hydrogen-bond acceptors (Lipinski definition) is 4. The largest absolute Gasteiger partial charge is 0.490 e. The van der Waals surface area contributed by atoms with Gasteiger partial charge < -0.3 is 14.6 Å². The molecule has 1 amide bonds. The number of amides is 1. The van der Waals surface area contributed by atoms with Crippen LogP contribution in [-0.4, -0.2) is 20.9 Å². The molecule has 2 aromatic carbocycles. The summed E-state index contributed by atoms with van der Waals surface area (Å²) in [4.78, 5) is 14.2. The average Bonchev–Trinajstić information content (AvgIpc) is 3.39. The molecule has 1 aliphatic carbocycles. The number of carbonyl (C=O) groups excluding carboxylic acids is 1. The fourth-order valence-corrected chi connectivity index (χ4v) is 5.98. The Morgan fingerprint density at radius 1 is 1.03 bits per heavy atom. The van der Waals surface area contributed by atoms with Crippen molar-refractivity contribution in [3.8, 4) is 5.75 Å². The molecule has 2 heterocycles. The van der Waals surface area contributed by atoms with Crippen molar-refractivity contribution in [3.63, 3.8) is 0 Å². The quantitative estimate of drug-likeness (QED) is 0.426. The van der Waals surface area contributed by atoms with E-state index in [1.54, 1.807) is 11.9 Å². The minimum atomic E-state index is -0.0549. The second kappa shape index (κ2) is 10.3. The van der Waals surface area contributed by atoms with E-state index in [2.05, 4.69) is 46.9 Å². The van der Waals surface area contributed by atoms with Crippen molar-refractivity contribution >= 4 is 17.9 Å². The second-order valence-electron chi connectivity index (χ2n) is 9.40. The van der Waals surface area contributed by atoms with Gasteiger partial charge >= 0.3 is 0 Å². The first kappa shape index (κ1) is 23.1. The summed E-state index contributed by atoms with van der Waals surface area (Å²) < 4.78 is 10.5. The van der Waals surface area contributed by atoms with Gasteiger partial charge in [-0.2, -0.15) is 0 Å². The molecule has 0 radical (unpaired) electrons. The Morgan fingerprint density at radius 3 is 2.50 bits per heavy atom. The highest BCUT2D eigenvalue weighted by molar-refractivity contribution is 7.97. The molecule has 0 spiro atoms. The summed E-state index contributed by atoms with van der Waals surface area (Å²) in [5, 5.41) is 3.10. The lowest BCUT2D eigenvalue weighted by Crippen LogP contribution is -2.25. The van der Waals surface area contributed by atoms with Crippen LogP contribution in [0.25, 0.3) is 0 Å². The summed E-state index contributed by atoms with van der Waals surface area (Å²) in [6.45, 7) is 4.41. The SMILES string of the molecule is Cc1c(SN2Cc3ccccc3C2)cc(C(=O)NCc2cccc(OC3CCCCC3)c2)n1C. The van der Waals surface area contributed by atoms with Crippen LogP contribution in [0.2, 0.25) is 0 Å². The van der Waals surface area contributed by atoms with E-state index >= 15 is 0 Å². The van der Waals surface area contributed by atoms with Crippen molar-refractivity contribution in [1.82, 2.24) is 14.2 Å². The lowest BCUT2D eigenvalue weighted by molar-refractivity contribution is 0.0942. The Kier molecular flexibility index (Phi) is 6.97. The van der Waals surface area contributed by atoms with Gasteiger partial charge in [-0.05, 0) is 79.4 Å². The van der Waals surface area contributed by atoms with E-state index in [-0.39, 0.29) is 5.91 Å². The molecule has 1 aliphatic heterocycles. The molecule has 0 unspecified atom stereocenters. The van der Waals surface area contributed by atoms with E-state index in [4.69, 9.17) is 4.74 Å². The van der Waals surface area contributed by atoms with Crippen molar-refractivity contribution in [2.45, 2.75) is 69.7 Å². The number of benzene rings is 2. The first-order chi connectivity index (χ1) is 16.6. The van der Waals surface area contributed by atoms with E-state index in [1.807, 2.05) is 35.9 Å². The zero-order chi connectivity index (χ0) is 23.5. The third kappa shape index (κ3) is 5.18. The molecule has 34 heavy (non-hydrogen) atoms. The molecular weight excluding hydrogens is 442 g/mol. The Balaban J connectivity index is 1.20. The fourth-order valence-electron chi connectivity index (χ4n) is 4.86. The molecule has 1 aromatic heterocycles. The van der Waals surface area contributed by atoms with Crippen LogP contribution in [0.5, 0.6) is 5.75 Å². The highest BCUT2D eigenvalue weighted by atomic mass is 32.2. The smallest absolute Gasteiger partial charge is 0.268 e. The van der Waals surface area contributed by atoms with Crippen LogP contribution in [0.1, 0.15) is 65.0 Å². The highest BCUT2D eigenvalue weighted by Gasteiger charge is 2.23. The lowest BCUT2D eigenvalue weighted by atomic mass is 9.98. The van der Waals surface area contributed by atoms with Gasteiger partial charge in [0.1, 0.15) is 11.4 Å².